The van der Waals surface area contributed by atoms with E-state index in [4.69, 9.17) is 4.74 Å². The third kappa shape index (κ3) is 4.45. The number of allylic oxidation sites excluding steroid dienone is 1. The van der Waals surface area contributed by atoms with Crippen LogP contribution in [0, 0.1) is 0 Å². The summed E-state index contributed by atoms with van der Waals surface area (Å²) in [7, 11) is 0. The summed E-state index contributed by atoms with van der Waals surface area (Å²) in [5.41, 5.74) is -0.448. The first kappa shape index (κ1) is 11.9. The molecule has 3 nitrogen and oxygen atoms in total. The fraction of sp³-hybridized carbons (Fsp3) is 0.600. The van der Waals surface area contributed by atoms with Gasteiger partial charge in [-0.15, -0.1) is 0 Å². The molecule has 0 fully saturated rings. The van der Waals surface area contributed by atoms with Crippen molar-refractivity contribution in [1.29, 1.82) is 0 Å². The van der Waals surface area contributed by atoms with Crippen molar-refractivity contribution in [1.82, 2.24) is 0 Å². The topological polar surface area (TPSA) is 43.4 Å². The van der Waals surface area contributed by atoms with Crippen LogP contribution in [0.25, 0.3) is 0 Å². The summed E-state index contributed by atoms with van der Waals surface area (Å²) in [5, 5.41) is 0. The Morgan fingerprint density at radius 1 is 1.23 bits per heavy atom. The van der Waals surface area contributed by atoms with Crippen LogP contribution >= 0.6 is 0 Å². The van der Waals surface area contributed by atoms with Crippen molar-refractivity contribution in [3.8, 4) is 0 Å². The van der Waals surface area contributed by atoms with Crippen molar-refractivity contribution in [3.05, 3.63) is 11.6 Å². The van der Waals surface area contributed by atoms with Gasteiger partial charge >= 0.3 is 5.97 Å². The normalized spacial score (nSPS) is 12.5. The number of hydrogen-bond acceptors (Lipinski definition) is 3. The molecule has 3 heteroatoms. The van der Waals surface area contributed by atoms with Crippen LogP contribution in [0.3, 0.4) is 0 Å². The molecular weight excluding hydrogens is 168 g/mol. The first-order chi connectivity index (χ1) is 5.78. The lowest BCUT2D eigenvalue weighted by Crippen LogP contribution is -2.26. The SMILES string of the molecule is C/C=C(\C(C)=O)C(=O)OC(C)(C)C. The molecule has 0 amide bonds. The van der Waals surface area contributed by atoms with Crippen LogP contribution in [0.2, 0.25) is 0 Å². The Morgan fingerprint density at radius 2 is 1.69 bits per heavy atom. The summed E-state index contributed by atoms with van der Waals surface area (Å²) in [5.74, 6) is -0.820. The molecule has 0 aliphatic heterocycles. The van der Waals surface area contributed by atoms with E-state index in [9.17, 15) is 9.59 Å². The van der Waals surface area contributed by atoms with Crippen LogP contribution in [0.1, 0.15) is 34.6 Å². The molecule has 0 atom stereocenters. The highest BCUT2D eigenvalue weighted by atomic mass is 16.6. The van der Waals surface area contributed by atoms with Gasteiger partial charge in [0.15, 0.2) is 5.78 Å². The standard InChI is InChI=1S/C10H16O3/c1-6-8(7(2)11)9(12)13-10(3,4)5/h6H,1-5H3/b8-6+. The number of ether oxygens (including phenoxy) is 1. The fourth-order valence-corrected chi connectivity index (χ4v) is 0.798. The second-order valence-corrected chi connectivity index (χ2v) is 3.76. The van der Waals surface area contributed by atoms with Crippen molar-refractivity contribution in [2.24, 2.45) is 0 Å². The van der Waals surface area contributed by atoms with Gasteiger partial charge in [0, 0.05) is 0 Å². The van der Waals surface area contributed by atoms with Crippen molar-refractivity contribution in [3.63, 3.8) is 0 Å². The number of ketones is 1. The van der Waals surface area contributed by atoms with Crippen LogP contribution in [-0.4, -0.2) is 17.4 Å². The van der Waals surface area contributed by atoms with E-state index in [-0.39, 0.29) is 11.4 Å². The molecule has 74 valence electrons. The van der Waals surface area contributed by atoms with Gasteiger partial charge in [-0.1, -0.05) is 6.08 Å². The largest absolute Gasteiger partial charge is 0.456 e. The summed E-state index contributed by atoms with van der Waals surface area (Å²) >= 11 is 0. The Labute approximate surface area is 78.8 Å². The van der Waals surface area contributed by atoms with Gasteiger partial charge in [0.2, 0.25) is 0 Å². The average molecular weight is 184 g/mol. The van der Waals surface area contributed by atoms with Crippen molar-refractivity contribution in [2.75, 3.05) is 0 Å². The van der Waals surface area contributed by atoms with Crippen molar-refractivity contribution < 1.29 is 14.3 Å². The van der Waals surface area contributed by atoms with E-state index in [0.29, 0.717) is 0 Å². The van der Waals surface area contributed by atoms with Gasteiger partial charge in [-0.05, 0) is 34.6 Å². The summed E-state index contributed by atoms with van der Waals surface area (Å²) in [6.07, 6.45) is 1.47. The molecule has 0 aromatic rings. The third-order valence-corrected chi connectivity index (χ3v) is 1.29. The van der Waals surface area contributed by atoms with Crippen molar-refractivity contribution in [2.45, 2.75) is 40.2 Å². The Kier molecular flexibility index (Phi) is 3.85. The predicted octanol–water partition coefficient (Wildman–Crippen LogP) is 1.86. The zero-order valence-electron chi connectivity index (χ0n) is 8.80. The summed E-state index contributed by atoms with van der Waals surface area (Å²) in [6, 6.07) is 0. The lowest BCUT2D eigenvalue weighted by Gasteiger charge is -2.19. The first-order valence-electron chi connectivity index (χ1n) is 4.18. The monoisotopic (exact) mass is 184 g/mol. The van der Waals surface area contributed by atoms with E-state index in [0.717, 1.165) is 0 Å². The molecule has 13 heavy (non-hydrogen) atoms. The van der Waals surface area contributed by atoms with Crippen LogP contribution in [0.4, 0.5) is 0 Å². The van der Waals surface area contributed by atoms with Gasteiger partial charge in [-0.2, -0.15) is 0 Å². The lowest BCUT2D eigenvalue weighted by molar-refractivity contribution is -0.150. The van der Waals surface area contributed by atoms with Crippen LogP contribution in [0.15, 0.2) is 11.6 Å². The Morgan fingerprint density at radius 3 is 1.92 bits per heavy atom. The molecule has 0 spiro atoms. The maximum atomic E-state index is 11.3. The van der Waals surface area contributed by atoms with E-state index in [1.807, 2.05) is 0 Å². The molecule has 0 saturated carbocycles. The molecule has 0 unspecified atom stereocenters. The maximum absolute atomic E-state index is 11.3. The van der Waals surface area contributed by atoms with E-state index in [2.05, 4.69) is 0 Å². The van der Waals surface area contributed by atoms with E-state index < -0.39 is 11.6 Å². The molecule has 0 N–H and O–H groups in total. The molecule has 0 radical (unpaired) electrons. The van der Waals surface area contributed by atoms with Crippen LogP contribution in [0.5, 0.6) is 0 Å². The zero-order valence-corrected chi connectivity index (χ0v) is 8.80. The fourth-order valence-electron chi connectivity index (χ4n) is 0.798. The lowest BCUT2D eigenvalue weighted by atomic mass is 10.1. The molecule has 0 heterocycles. The van der Waals surface area contributed by atoms with Gasteiger partial charge in [0.1, 0.15) is 5.60 Å². The highest BCUT2D eigenvalue weighted by molar-refractivity contribution is 6.16. The Bertz CT molecular complexity index is 243. The smallest absolute Gasteiger partial charge is 0.341 e. The minimum absolute atomic E-state index is 0.106. The molecule has 0 aromatic carbocycles. The van der Waals surface area contributed by atoms with Gasteiger partial charge < -0.3 is 4.74 Å². The zero-order chi connectivity index (χ0) is 10.6. The van der Waals surface area contributed by atoms with Crippen molar-refractivity contribution >= 4 is 11.8 Å². The third-order valence-electron chi connectivity index (χ3n) is 1.29. The average Bonchev–Trinajstić information content (AvgIpc) is 1.82. The van der Waals surface area contributed by atoms with E-state index in [1.54, 1.807) is 27.7 Å². The quantitative estimate of drug-likeness (QED) is 0.285. The van der Waals surface area contributed by atoms with Gasteiger partial charge in [-0.3, -0.25) is 4.79 Å². The minimum Gasteiger partial charge on any atom is -0.456 e. The van der Waals surface area contributed by atoms with Gasteiger partial charge in [0.25, 0.3) is 0 Å². The second-order valence-electron chi connectivity index (χ2n) is 3.76. The second kappa shape index (κ2) is 4.21. The minimum atomic E-state index is -0.555. The number of carbonyl (C=O) groups is 2. The number of esters is 1. The molecule has 0 rings (SSSR count). The molecule has 0 aliphatic carbocycles. The number of Topliss-reactive ketones (excluding diaryl/α,β-unsaturated/α-hetero) is 1. The molecule has 0 saturated heterocycles. The Balaban J connectivity index is 4.52. The highest BCUT2D eigenvalue weighted by Crippen LogP contribution is 2.11. The predicted molar refractivity (Wildman–Crippen MR) is 50.3 cm³/mol. The Hall–Kier alpha value is -1.12. The first-order valence-corrected chi connectivity index (χ1v) is 4.18. The van der Waals surface area contributed by atoms with Crippen LogP contribution in [-0.2, 0) is 14.3 Å². The van der Waals surface area contributed by atoms with Gasteiger partial charge in [-0.25, -0.2) is 4.79 Å². The summed E-state index contributed by atoms with van der Waals surface area (Å²) in [4.78, 5) is 22.3. The van der Waals surface area contributed by atoms with Gasteiger partial charge in [0.05, 0.1) is 5.57 Å². The highest BCUT2D eigenvalue weighted by Gasteiger charge is 2.21. The number of rotatable bonds is 2. The summed E-state index contributed by atoms with van der Waals surface area (Å²) < 4.78 is 5.02. The molecule has 0 bridgehead atoms. The maximum Gasteiger partial charge on any atom is 0.341 e. The van der Waals surface area contributed by atoms with Crippen LogP contribution < -0.4 is 0 Å². The molecule has 0 aromatic heterocycles. The van der Waals surface area contributed by atoms with E-state index >= 15 is 0 Å². The molecular formula is C10H16O3. The number of carbonyl (C=O) groups excluding carboxylic acids is 2. The number of hydrogen-bond donors (Lipinski definition) is 0. The summed E-state index contributed by atoms with van der Waals surface area (Å²) in [6.45, 7) is 8.27. The molecule has 0 aliphatic rings. The van der Waals surface area contributed by atoms with E-state index in [1.165, 1.54) is 13.0 Å².